The first kappa shape index (κ1) is 92.4. The Labute approximate surface area is 680 Å². The van der Waals surface area contributed by atoms with Crippen LogP contribution in [0.1, 0.15) is 152 Å². The van der Waals surface area contributed by atoms with Crippen LogP contribution in [0.15, 0.2) is 77.1 Å². The molecule has 3 aromatic carbocycles. The van der Waals surface area contributed by atoms with Crippen LogP contribution in [0.25, 0.3) is 0 Å². The number of aliphatic hydroxyl groups excluding tert-OH is 1. The zero-order valence-electron chi connectivity index (χ0n) is 68.7. The number of amides is 9. The number of aliphatic imine (C=N–C) groups is 1. The second-order valence-corrected chi connectivity index (χ2v) is 29.7. The van der Waals surface area contributed by atoms with Gasteiger partial charge in [-0.2, -0.15) is 0 Å². The summed E-state index contributed by atoms with van der Waals surface area (Å²) in [6, 6.07) is 10.2. The second kappa shape index (κ2) is 49.8. The maximum Gasteiger partial charge on any atom is 0.416 e. The van der Waals surface area contributed by atoms with E-state index in [0.717, 1.165) is 53.7 Å². The molecule has 4 unspecified atom stereocenters. The Morgan fingerprint density at radius 2 is 1.16 bits per heavy atom. The third-order valence-corrected chi connectivity index (χ3v) is 20.4. The van der Waals surface area contributed by atoms with Gasteiger partial charge in [0, 0.05) is 68.8 Å². The summed E-state index contributed by atoms with van der Waals surface area (Å²) in [6.45, 7) is 17.1. The monoisotopic (exact) mass is 1620 g/mol. The van der Waals surface area contributed by atoms with Gasteiger partial charge in [0.2, 0.25) is 41.9 Å². The minimum Gasteiger partial charge on any atom is -0.493 e. The quantitative estimate of drug-likeness (QED) is 0.0153. The van der Waals surface area contributed by atoms with Gasteiger partial charge in [-0.3, -0.25) is 48.2 Å². The van der Waals surface area contributed by atoms with Crippen molar-refractivity contribution in [3.05, 3.63) is 88.8 Å². The summed E-state index contributed by atoms with van der Waals surface area (Å²) in [5, 5.41) is 23.0. The fourth-order valence-electron chi connectivity index (χ4n) is 14.0. The van der Waals surface area contributed by atoms with Crippen molar-refractivity contribution in [3.8, 4) is 23.0 Å². The molecule has 5 aliphatic rings. The predicted octanol–water partition coefficient (Wildman–Crippen LogP) is 8.42. The van der Waals surface area contributed by atoms with E-state index in [1.807, 2.05) is 39.1 Å². The van der Waals surface area contributed by atoms with Gasteiger partial charge in [0.05, 0.1) is 168 Å². The van der Waals surface area contributed by atoms with Gasteiger partial charge in [0.25, 0.3) is 5.91 Å². The van der Waals surface area contributed by atoms with E-state index in [1.54, 1.807) is 62.5 Å². The van der Waals surface area contributed by atoms with Gasteiger partial charge in [-0.05, 0) is 120 Å². The van der Waals surface area contributed by atoms with Crippen molar-refractivity contribution < 1.29 is 110 Å². The normalized spacial score (nSPS) is 18.2. The molecular weight excluding hydrogens is 1500 g/mol. The summed E-state index contributed by atoms with van der Waals surface area (Å²) in [7, 11) is 3.02. The Kier molecular flexibility index (Phi) is 39.7. The van der Waals surface area contributed by atoms with Crippen LogP contribution >= 0.6 is 0 Å². The molecule has 640 valence electrons. The van der Waals surface area contributed by atoms with Crippen LogP contribution in [-0.2, 0) is 82.8 Å². The molecule has 1 saturated heterocycles. The van der Waals surface area contributed by atoms with Gasteiger partial charge in [0.1, 0.15) is 18.7 Å². The summed E-state index contributed by atoms with van der Waals surface area (Å²) in [4.78, 5) is 128. The van der Waals surface area contributed by atoms with E-state index in [0.29, 0.717) is 160 Å². The van der Waals surface area contributed by atoms with Crippen LogP contribution in [0.4, 0.5) is 21.9 Å². The maximum absolute atomic E-state index is 14.3. The molecule has 32 heteroatoms. The van der Waals surface area contributed by atoms with Crippen LogP contribution in [-0.4, -0.2) is 257 Å². The van der Waals surface area contributed by atoms with Gasteiger partial charge in [-0.25, -0.2) is 9.69 Å². The number of nitrogens with zero attached hydrogens (tertiary/aromatic N) is 5. The number of likely N-dealkylation sites (tertiary alicyclic amines) is 1. The highest BCUT2D eigenvalue weighted by atomic mass is 16.6. The highest BCUT2D eigenvalue weighted by Crippen LogP contribution is 2.43. The molecular formula is C84H121N9O23. The Morgan fingerprint density at radius 3 is 1.75 bits per heavy atom. The highest BCUT2D eigenvalue weighted by molar-refractivity contribution is 6.07. The number of nitrogens with one attached hydrogen (secondary N) is 4. The molecule has 0 spiro atoms. The third-order valence-electron chi connectivity index (χ3n) is 20.4. The topological polar surface area (TPSA) is 367 Å². The number of ether oxygens (including phenoxy) is 13. The number of carbonyl (C=O) groups is 9. The van der Waals surface area contributed by atoms with Crippen LogP contribution in [0.5, 0.6) is 23.0 Å². The molecule has 4 aliphatic heterocycles. The van der Waals surface area contributed by atoms with Gasteiger partial charge in [-0.1, -0.05) is 69.2 Å². The van der Waals surface area contributed by atoms with Crippen molar-refractivity contribution in [2.45, 2.75) is 175 Å². The Bertz CT molecular complexity index is 3760. The van der Waals surface area contributed by atoms with Gasteiger partial charge >= 0.3 is 6.09 Å². The highest BCUT2D eigenvalue weighted by Gasteiger charge is 2.46. The van der Waals surface area contributed by atoms with Crippen LogP contribution in [0, 0.1) is 24.7 Å². The molecule has 32 nitrogen and oxygen atoms in total. The lowest BCUT2D eigenvalue weighted by Crippen LogP contribution is -2.53. The average molecular weight is 1620 g/mol. The fourth-order valence-corrected chi connectivity index (χ4v) is 14.0. The minimum atomic E-state index is -1.53. The lowest BCUT2D eigenvalue weighted by Gasteiger charge is -2.31. The van der Waals surface area contributed by atoms with Gasteiger partial charge in [0.15, 0.2) is 29.2 Å². The molecule has 3 aromatic rings. The van der Waals surface area contributed by atoms with E-state index in [1.165, 1.54) is 55.2 Å². The predicted molar refractivity (Wildman–Crippen MR) is 430 cm³/mol. The summed E-state index contributed by atoms with van der Waals surface area (Å²) in [5.41, 5.74) is 4.57. The molecule has 0 bridgehead atoms. The first-order valence-corrected chi connectivity index (χ1v) is 40.6. The third kappa shape index (κ3) is 29.5. The van der Waals surface area contributed by atoms with E-state index < -0.39 is 54.1 Å². The van der Waals surface area contributed by atoms with Crippen molar-refractivity contribution >= 4 is 77.1 Å². The van der Waals surface area contributed by atoms with Gasteiger partial charge in [-0.15, -0.1) is 0 Å². The molecule has 1 aliphatic carbocycles. The summed E-state index contributed by atoms with van der Waals surface area (Å²) in [5.74, 6) is -1.15. The number of fused-ring (bicyclic) bond motifs is 2. The second-order valence-electron chi connectivity index (χ2n) is 29.7. The molecule has 116 heavy (non-hydrogen) atoms. The molecule has 9 amide bonds. The number of unbranched alkanes of at least 4 members (excludes halogenated alkanes) is 2. The number of aliphatic hydroxyl groups is 1. The molecule has 0 radical (unpaired) electrons. The minimum absolute atomic E-state index is 0.0134. The van der Waals surface area contributed by atoms with E-state index in [-0.39, 0.29) is 123 Å². The number of imide groups is 1. The van der Waals surface area contributed by atoms with E-state index >= 15 is 0 Å². The summed E-state index contributed by atoms with van der Waals surface area (Å²) < 4.78 is 74.0. The first-order chi connectivity index (χ1) is 56.2. The summed E-state index contributed by atoms with van der Waals surface area (Å²) in [6.07, 6.45) is 14.7. The van der Waals surface area contributed by atoms with Crippen LogP contribution in [0.2, 0.25) is 0 Å². The van der Waals surface area contributed by atoms with Crippen molar-refractivity contribution in [2.75, 3.05) is 156 Å². The Balaban J connectivity index is 0.624. The molecule has 6 atom stereocenters. The fraction of sp³-hybridized carbons (Fsp3) is 0.619. The lowest BCUT2D eigenvalue weighted by atomic mass is 9.81. The number of carbonyl (C=O) groups excluding carboxylic acids is 9. The van der Waals surface area contributed by atoms with Crippen LogP contribution in [0.3, 0.4) is 0 Å². The van der Waals surface area contributed by atoms with Crippen molar-refractivity contribution in [1.82, 2.24) is 30.7 Å². The van der Waals surface area contributed by atoms with Gasteiger partial charge < -0.3 is 97.8 Å². The number of methoxy groups -OCH3 is 2. The zero-order chi connectivity index (χ0) is 83.1. The molecule has 5 N–H and O–H groups in total. The number of hydrogen-bond donors (Lipinski definition) is 5. The van der Waals surface area contributed by atoms with E-state index in [2.05, 4.69) is 21.3 Å². The average Bonchev–Trinajstić information content (AvgIpc) is 1.59. The number of hydrogen-bond acceptors (Lipinski definition) is 24. The zero-order valence-corrected chi connectivity index (χ0v) is 68.7. The number of rotatable bonds is 52. The lowest BCUT2D eigenvalue weighted by molar-refractivity contribution is -0.140. The largest absolute Gasteiger partial charge is 0.493 e. The number of benzene rings is 3. The van der Waals surface area contributed by atoms with E-state index in [9.17, 15) is 48.3 Å². The molecule has 0 aromatic heterocycles. The Hall–Kier alpha value is -9.12. The number of aryl methyl sites for hydroxylation is 1. The van der Waals surface area contributed by atoms with Crippen molar-refractivity contribution in [1.29, 1.82) is 0 Å². The SMILES string of the molecule is COc1cc(C)c(/N=C\C2CC(C)=CN2C=O)cc1OCCCCCOc1cc2c(cc1OC)C(=O)N1C=C(C)C[C@@H]1C(O)N2C(=O)OCc1ccc(NC(=O)C(C)NC(=O)[C@@H](NC(=O)CCOCCOCCOCCOCCOCCOCCOCCOCCNC(=O)CCN2C(=O)CC(C3CCCCCCC3)C2=O)C(C)C)cc1. The van der Waals surface area contributed by atoms with Crippen molar-refractivity contribution in [3.63, 3.8) is 0 Å². The molecule has 1 saturated carbocycles. The molecule has 2 fully saturated rings. The maximum atomic E-state index is 14.3. The van der Waals surface area contributed by atoms with Crippen molar-refractivity contribution in [2.24, 2.45) is 22.7 Å². The standard InChI is InChI=1S/C84H121N9O23/c1-57(2)78(89-76(96)24-29-106-31-33-108-35-37-110-39-41-112-43-44-113-42-40-111-38-36-109-34-32-107-30-25-85-75(95)23-26-91-77(97)49-66(81(91)100)63-17-13-10-9-11-14-18-63)80(99)87-61(6)79(98)88-64-21-19-62(20-22-64)55-116-84(103)93-69-51-74(72(105-8)48-67(69)82(101)92-54-59(4)46-70(92)83(93)102)115-28-16-12-15-27-114-73-50-68(60(5)47-71(73)104-7)86-52-65-45-58(3)53-90(65)56-94/h19-22,47-48,50-54,56-57,61,63,65-66,70,78,83,102H,9-18,23-46,49,55H2,1-8H3,(H,85,95)(H,87,99)(H,88,98)(H,89,96)/b86-52-/t61?,65?,66?,70-,78+,83?/m1/s1. The molecule has 8 rings (SSSR count). The summed E-state index contributed by atoms with van der Waals surface area (Å²) >= 11 is 0. The first-order valence-electron chi connectivity index (χ1n) is 40.6. The number of anilines is 2. The van der Waals surface area contributed by atoms with E-state index in [4.69, 9.17) is 66.6 Å². The molecule has 4 heterocycles. The van der Waals surface area contributed by atoms with Crippen LogP contribution < -0.4 is 45.1 Å². The Morgan fingerprint density at radius 1 is 0.603 bits per heavy atom. The smallest absolute Gasteiger partial charge is 0.416 e.